The lowest BCUT2D eigenvalue weighted by Crippen LogP contribution is -2.25. The molecule has 0 atom stereocenters. The van der Waals surface area contributed by atoms with Crippen LogP contribution in [0.4, 0.5) is 0 Å². The monoisotopic (exact) mass is 611 g/mol. The summed E-state index contributed by atoms with van der Waals surface area (Å²) in [4.78, 5) is 0. The zero-order valence-electron chi connectivity index (χ0n) is 29.2. The third kappa shape index (κ3) is 23.6. The molecule has 0 aromatic heterocycles. The van der Waals surface area contributed by atoms with E-state index < -0.39 is 0 Å². The van der Waals surface area contributed by atoms with Gasteiger partial charge in [0.05, 0.1) is 0 Å². The van der Waals surface area contributed by atoms with Gasteiger partial charge in [0.1, 0.15) is 0 Å². The smallest absolute Gasteiger partial charge is 0.0205 e. The highest BCUT2D eigenvalue weighted by Gasteiger charge is 2.04. The molecule has 0 aliphatic carbocycles. The molecule has 2 aromatic rings. The largest absolute Gasteiger partial charge is 0.320 e. The standard InChI is InChI=1S/C33H58N6.C5H12/c1-3-4-5-9-17-35-19-11-20-37-22-13-24-39-29-31-25-30(26-33(27-31)32-14-7-6-8-15-32)28-38-23-12-21-36-18-10-16-34-2;1-3-5-4-2/h6-8,14-15,25-27,34-39H,3-5,9-13,16-24,28-29H2,1-2H3;3-5H2,1-2H3. The molecule has 6 N–H and O–H groups in total. The molecule has 2 aromatic carbocycles. The van der Waals surface area contributed by atoms with Gasteiger partial charge in [0.2, 0.25) is 0 Å². The topological polar surface area (TPSA) is 72.2 Å². The van der Waals surface area contributed by atoms with Gasteiger partial charge in [0.15, 0.2) is 0 Å². The molecule has 0 saturated carbocycles. The summed E-state index contributed by atoms with van der Waals surface area (Å²) in [7, 11) is 2.01. The molecule has 252 valence electrons. The van der Waals surface area contributed by atoms with E-state index in [0.29, 0.717) is 0 Å². The van der Waals surface area contributed by atoms with E-state index in [4.69, 9.17) is 0 Å². The van der Waals surface area contributed by atoms with Crippen molar-refractivity contribution in [3.8, 4) is 11.1 Å². The summed E-state index contributed by atoms with van der Waals surface area (Å²) in [6.45, 7) is 18.3. The van der Waals surface area contributed by atoms with Crippen molar-refractivity contribution in [1.29, 1.82) is 0 Å². The Morgan fingerprint density at radius 3 is 1.32 bits per heavy atom. The maximum atomic E-state index is 3.66. The van der Waals surface area contributed by atoms with Crippen molar-refractivity contribution < 1.29 is 0 Å². The molecule has 0 heterocycles. The van der Waals surface area contributed by atoms with Gasteiger partial charge in [-0.3, -0.25) is 0 Å². The van der Waals surface area contributed by atoms with E-state index in [-0.39, 0.29) is 0 Å². The summed E-state index contributed by atoms with van der Waals surface area (Å²) >= 11 is 0. The predicted molar refractivity (Wildman–Crippen MR) is 196 cm³/mol. The SMILES string of the molecule is CCCCC.CCCCCCNCCCNCCCNCc1cc(CNCCCNCCCNC)cc(-c2ccccc2)c1. The molecule has 0 saturated heterocycles. The zero-order chi connectivity index (χ0) is 31.8. The number of unbranched alkanes of at least 4 members (excludes halogenated alkanes) is 5. The van der Waals surface area contributed by atoms with Crippen molar-refractivity contribution in [1.82, 2.24) is 31.9 Å². The van der Waals surface area contributed by atoms with E-state index >= 15 is 0 Å². The fourth-order valence-electron chi connectivity index (χ4n) is 5.04. The average Bonchev–Trinajstić information content (AvgIpc) is 3.05. The van der Waals surface area contributed by atoms with Gasteiger partial charge in [0.25, 0.3) is 0 Å². The molecule has 0 bridgehead atoms. The summed E-state index contributed by atoms with van der Waals surface area (Å²) in [5, 5.41) is 21.2. The third-order valence-corrected chi connectivity index (χ3v) is 7.63. The second-order valence-corrected chi connectivity index (χ2v) is 11.9. The van der Waals surface area contributed by atoms with Crippen LogP contribution in [0.5, 0.6) is 0 Å². The first-order chi connectivity index (χ1) is 21.7. The van der Waals surface area contributed by atoms with Gasteiger partial charge in [-0.1, -0.05) is 95.7 Å². The highest BCUT2D eigenvalue weighted by molar-refractivity contribution is 5.65. The Balaban J connectivity index is 0.00000178. The highest BCUT2D eigenvalue weighted by Crippen LogP contribution is 2.22. The van der Waals surface area contributed by atoms with E-state index in [1.165, 1.54) is 86.6 Å². The van der Waals surface area contributed by atoms with Crippen LogP contribution in [-0.4, -0.2) is 66.0 Å². The number of hydrogen-bond acceptors (Lipinski definition) is 6. The fourth-order valence-corrected chi connectivity index (χ4v) is 5.04. The maximum Gasteiger partial charge on any atom is 0.0205 e. The van der Waals surface area contributed by atoms with E-state index in [9.17, 15) is 0 Å². The highest BCUT2D eigenvalue weighted by atomic mass is 14.9. The molecule has 0 aliphatic rings. The Hall–Kier alpha value is -1.80. The van der Waals surface area contributed by atoms with Crippen LogP contribution in [-0.2, 0) is 13.1 Å². The van der Waals surface area contributed by atoms with Crippen LogP contribution < -0.4 is 31.9 Å². The minimum absolute atomic E-state index is 0.908. The van der Waals surface area contributed by atoms with Crippen LogP contribution in [0.1, 0.15) is 103 Å². The van der Waals surface area contributed by atoms with Crippen molar-refractivity contribution in [3.63, 3.8) is 0 Å². The van der Waals surface area contributed by atoms with E-state index in [0.717, 1.165) is 78.3 Å². The van der Waals surface area contributed by atoms with Crippen LogP contribution in [0.15, 0.2) is 48.5 Å². The second-order valence-electron chi connectivity index (χ2n) is 11.9. The van der Waals surface area contributed by atoms with Crippen LogP contribution in [0, 0.1) is 0 Å². The van der Waals surface area contributed by atoms with E-state index in [1.54, 1.807) is 0 Å². The molecule has 6 heteroatoms. The van der Waals surface area contributed by atoms with Gasteiger partial charge >= 0.3 is 0 Å². The quantitative estimate of drug-likeness (QED) is 0.0592. The van der Waals surface area contributed by atoms with Crippen LogP contribution >= 0.6 is 0 Å². The molecule has 2 rings (SSSR count). The van der Waals surface area contributed by atoms with Gasteiger partial charge < -0.3 is 31.9 Å². The molecule has 0 fully saturated rings. The number of nitrogens with one attached hydrogen (secondary N) is 6. The van der Waals surface area contributed by atoms with Crippen LogP contribution in [0.25, 0.3) is 11.1 Å². The van der Waals surface area contributed by atoms with Gasteiger partial charge in [-0.15, -0.1) is 0 Å². The third-order valence-electron chi connectivity index (χ3n) is 7.63. The Labute approximate surface area is 272 Å². The van der Waals surface area contributed by atoms with Gasteiger partial charge in [0, 0.05) is 13.1 Å². The lowest BCUT2D eigenvalue weighted by atomic mass is 9.99. The Kier molecular flexibility index (Phi) is 28.5. The summed E-state index contributed by atoms with van der Waals surface area (Å²) in [5.41, 5.74) is 5.30. The molecule has 0 amide bonds. The summed E-state index contributed by atoms with van der Waals surface area (Å²) in [6.07, 6.45) is 14.1. The molecule has 44 heavy (non-hydrogen) atoms. The normalized spacial score (nSPS) is 11.0. The number of benzene rings is 2. The molecule has 6 nitrogen and oxygen atoms in total. The lowest BCUT2D eigenvalue weighted by molar-refractivity contribution is 0.551. The van der Waals surface area contributed by atoms with Crippen molar-refractivity contribution in [2.24, 2.45) is 0 Å². The Morgan fingerprint density at radius 2 is 0.864 bits per heavy atom. The minimum atomic E-state index is 0.908. The lowest BCUT2D eigenvalue weighted by Gasteiger charge is -2.13. The minimum Gasteiger partial charge on any atom is -0.320 e. The molecule has 0 radical (unpaired) electrons. The zero-order valence-corrected chi connectivity index (χ0v) is 29.2. The number of rotatable bonds is 28. The van der Waals surface area contributed by atoms with Crippen molar-refractivity contribution in [3.05, 3.63) is 59.7 Å². The first kappa shape index (κ1) is 40.2. The predicted octanol–water partition coefficient (Wildman–Crippen LogP) is 6.86. The van der Waals surface area contributed by atoms with E-state index in [1.807, 2.05) is 7.05 Å². The fraction of sp³-hybridized carbons (Fsp3) is 0.684. The summed E-state index contributed by atoms with van der Waals surface area (Å²) in [6, 6.07) is 17.8. The second kappa shape index (κ2) is 31.2. The van der Waals surface area contributed by atoms with Crippen molar-refractivity contribution in [2.45, 2.75) is 104 Å². The van der Waals surface area contributed by atoms with Gasteiger partial charge in [-0.25, -0.2) is 0 Å². The van der Waals surface area contributed by atoms with Crippen LogP contribution in [0.3, 0.4) is 0 Å². The first-order valence-corrected chi connectivity index (χ1v) is 18.1. The van der Waals surface area contributed by atoms with E-state index in [2.05, 4.69) is 101 Å². The average molecular weight is 611 g/mol. The van der Waals surface area contributed by atoms with Crippen molar-refractivity contribution >= 4 is 0 Å². The Morgan fingerprint density at radius 1 is 0.409 bits per heavy atom. The Bertz CT molecular complexity index is 858. The van der Waals surface area contributed by atoms with Gasteiger partial charge in [-0.2, -0.15) is 0 Å². The molecular weight excluding hydrogens is 540 g/mol. The van der Waals surface area contributed by atoms with Gasteiger partial charge in [-0.05, 0) is 132 Å². The summed E-state index contributed by atoms with van der Waals surface area (Å²) in [5.74, 6) is 0. The first-order valence-electron chi connectivity index (χ1n) is 18.1. The molecule has 0 aliphatic heterocycles. The molecular formula is C38H70N6. The molecule has 0 spiro atoms. The maximum absolute atomic E-state index is 3.66. The number of hydrogen-bond donors (Lipinski definition) is 6. The van der Waals surface area contributed by atoms with Crippen molar-refractivity contribution in [2.75, 3.05) is 66.0 Å². The van der Waals surface area contributed by atoms with Crippen LogP contribution in [0.2, 0.25) is 0 Å². The summed E-state index contributed by atoms with van der Waals surface area (Å²) < 4.78 is 0. The molecule has 0 unspecified atom stereocenters.